The van der Waals surface area contributed by atoms with Crippen LogP contribution in [0.1, 0.15) is 32.3 Å². The predicted molar refractivity (Wildman–Crippen MR) is 95.6 cm³/mol. The first kappa shape index (κ1) is 18.7. The first-order valence-electron chi connectivity index (χ1n) is 8.98. The maximum absolute atomic E-state index is 13.1. The van der Waals surface area contributed by atoms with Crippen molar-refractivity contribution in [2.45, 2.75) is 39.2 Å². The van der Waals surface area contributed by atoms with Gasteiger partial charge in [-0.15, -0.1) is 0 Å². The molecular formula is C19H30FN3O. The molecule has 5 heteroatoms. The summed E-state index contributed by atoms with van der Waals surface area (Å²) >= 11 is 0. The monoisotopic (exact) mass is 335 g/mol. The summed E-state index contributed by atoms with van der Waals surface area (Å²) in [5.74, 6) is 0.283. The van der Waals surface area contributed by atoms with Gasteiger partial charge in [-0.05, 0) is 49.4 Å². The molecule has 0 bridgehead atoms. The van der Waals surface area contributed by atoms with E-state index in [1.807, 2.05) is 18.0 Å². The van der Waals surface area contributed by atoms with Crippen molar-refractivity contribution in [3.05, 3.63) is 35.6 Å². The van der Waals surface area contributed by atoms with Crippen molar-refractivity contribution in [1.82, 2.24) is 15.1 Å². The maximum atomic E-state index is 13.1. The van der Waals surface area contributed by atoms with E-state index in [9.17, 15) is 9.18 Å². The van der Waals surface area contributed by atoms with Crippen LogP contribution in [0, 0.1) is 11.7 Å². The predicted octanol–water partition coefficient (Wildman–Crippen LogP) is 3.13. The highest BCUT2D eigenvalue weighted by molar-refractivity contribution is 5.74. The summed E-state index contributed by atoms with van der Waals surface area (Å²) in [6, 6.07) is 6.94. The lowest BCUT2D eigenvalue weighted by Crippen LogP contribution is -2.53. The summed E-state index contributed by atoms with van der Waals surface area (Å²) in [6.07, 6.45) is 2.61. The second kappa shape index (κ2) is 9.02. The number of urea groups is 1. The lowest BCUT2D eigenvalue weighted by molar-refractivity contribution is 0.0964. The number of rotatable bonds is 6. The molecule has 24 heavy (non-hydrogen) atoms. The zero-order chi connectivity index (χ0) is 17.5. The SMILES string of the molecule is CCN1CC[C@@H](N(C)C(=O)NCCCc2cccc(F)c2)[C@H](C)C1. The zero-order valence-corrected chi connectivity index (χ0v) is 15.1. The second-order valence-electron chi connectivity index (χ2n) is 6.80. The summed E-state index contributed by atoms with van der Waals surface area (Å²) in [5, 5.41) is 2.99. The molecular weight excluding hydrogens is 305 g/mol. The third-order valence-electron chi connectivity index (χ3n) is 5.02. The number of nitrogens with one attached hydrogen (secondary N) is 1. The molecule has 0 aromatic heterocycles. The Hall–Kier alpha value is -1.62. The number of nitrogens with zero attached hydrogens (tertiary/aromatic N) is 2. The van der Waals surface area contributed by atoms with Crippen molar-refractivity contribution >= 4 is 6.03 Å². The smallest absolute Gasteiger partial charge is 0.317 e. The molecule has 1 heterocycles. The summed E-state index contributed by atoms with van der Waals surface area (Å²) in [4.78, 5) is 16.6. The second-order valence-corrected chi connectivity index (χ2v) is 6.80. The molecule has 0 aliphatic carbocycles. The molecule has 0 saturated carbocycles. The molecule has 1 saturated heterocycles. The van der Waals surface area contributed by atoms with Gasteiger partial charge in [0.1, 0.15) is 5.82 Å². The van der Waals surface area contributed by atoms with E-state index in [2.05, 4.69) is 24.1 Å². The normalized spacial score (nSPS) is 21.5. The number of halogens is 1. The Balaban J connectivity index is 1.72. The summed E-state index contributed by atoms with van der Waals surface area (Å²) in [7, 11) is 1.89. The Morgan fingerprint density at radius 1 is 1.46 bits per heavy atom. The molecule has 2 rings (SSSR count). The van der Waals surface area contributed by atoms with Crippen molar-refractivity contribution in [3.63, 3.8) is 0 Å². The molecule has 2 amide bonds. The van der Waals surface area contributed by atoms with E-state index in [1.54, 1.807) is 12.1 Å². The molecule has 2 atom stereocenters. The van der Waals surface area contributed by atoms with Gasteiger partial charge < -0.3 is 15.1 Å². The van der Waals surface area contributed by atoms with Gasteiger partial charge >= 0.3 is 6.03 Å². The molecule has 1 aliphatic heterocycles. The van der Waals surface area contributed by atoms with Gasteiger partial charge in [-0.3, -0.25) is 0 Å². The number of benzene rings is 1. The number of hydrogen-bond acceptors (Lipinski definition) is 2. The number of aryl methyl sites for hydroxylation is 1. The third kappa shape index (κ3) is 5.20. The van der Waals surface area contributed by atoms with Crippen LogP contribution in [0.15, 0.2) is 24.3 Å². The van der Waals surface area contributed by atoms with Gasteiger partial charge in [-0.25, -0.2) is 9.18 Å². The van der Waals surface area contributed by atoms with Crippen molar-refractivity contribution in [2.24, 2.45) is 5.92 Å². The number of hydrogen-bond donors (Lipinski definition) is 1. The van der Waals surface area contributed by atoms with Crippen LogP contribution in [0.3, 0.4) is 0 Å². The van der Waals surface area contributed by atoms with Crippen molar-refractivity contribution < 1.29 is 9.18 Å². The molecule has 134 valence electrons. The molecule has 1 N–H and O–H groups in total. The number of likely N-dealkylation sites (tertiary alicyclic amines) is 1. The van der Waals surface area contributed by atoms with E-state index >= 15 is 0 Å². The fourth-order valence-corrected chi connectivity index (χ4v) is 3.54. The van der Waals surface area contributed by atoms with E-state index < -0.39 is 0 Å². The fraction of sp³-hybridized carbons (Fsp3) is 0.632. The average Bonchev–Trinajstić information content (AvgIpc) is 2.58. The highest BCUT2D eigenvalue weighted by atomic mass is 19.1. The van der Waals surface area contributed by atoms with Crippen LogP contribution < -0.4 is 5.32 Å². The van der Waals surface area contributed by atoms with E-state index in [4.69, 9.17) is 0 Å². The molecule has 1 aromatic carbocycles. The number of piperidine rings is 1. The van der Waals surface area contributed by atoms with Gasteiger partial charge in [0, 0.05) is 32.7 Å². The van der Waals surface area contributed by atoms with Crippen molar-refractivity contribution in [3.8, 4) is 0 Å². The number of carbonyl (C=O) groups excluding carboxylic acids is 1. The highest BCUT2D eigenvalue weighted by Gasteiger charge is 2.30. The summed E-state index contributed by atoms with van der Waals surface area (Å²) < 4.78 is 13.1. The molecule has 1 aromatic rings. The minimum atomic E-state index is -0.205. The molecule has 0 unspecified atom stereocenters. The molecule has 1 aliphatic rings. The lowest BCUT2D eigenvalue weighted by Gasteiger charge is -2.40. The summed E-state index contributed by atoms with van der Waals surface area (Å²) in [6.45, 7) is 8.21. The van der Waals surface area contributed by atoms with Crippen LogP contribution in [-0.2, 0) is 6.42 Å². The third-order valence-corrected chi connectivity index (χ3v) is 5.02. The van der Waals surface area contributed by atoms with Crippen LogP contribution in [0.5, 0.6) is 0 Å². The van der Waals surface area contributed by atoms with Crippen LogP contribution in [-0.4, -0.2) is 55.1 Å². The van der Waals surface area contributed by atoms with Gasteiger partial charge in [0.15, 0.2) is 0 Å². The van der Waals surface area contributed by atoms with Crippen LogP contribution in [0.2, 0.25) is 0 Å². The average molecular weight is 335 g/mol. The van der Waals surface area contributed by atoms with E-state index in [0.29, 0.717) is 18.5 Å². The minimum absolute atomic E-state index is 0.00367. The van der Waals surface area contributed by atoms with Crippen molar-refractivity contribution in [2.75, 3.05) is 33.2 Å². The summed E-state index contributed by atoms with van der Waals surface area (Å²) in [5.41, 5.74) is 0.971. The first-order chi connectivity index (χ1) is 11.5. The van der Waals surface area contributed by atoms with Gasteiger partial charge in [0.05, 0.1) is 0 Å². The standard InChI is InChI=1S/C19H30FN3O/c1-4-23-12-10-18(15(2)14-23)22(3)19(24)21-11-6-8-16-7-5-9-17(20)13-16/h5,7,9,13,15,18H,4,6,8,10-12,14H2,1-3H3,(H,21,24)/t15-,18-/m1/s1. The van der Waals surface area contributed by atoms with Crippen LogP contribution >= 0.6 is 0 Å². The zero-order valence-electron chi connectivity index (χ0n) is 15.1. The highest BCUT2D eigenvalue weighted by Crippen LogP contribution is 2.21. The van der Waals surface area contributed by atoms with E-state index in [0.717, 1.165) is 44.5 Å². The van der Waals surface area contributed by atoms with Crippen LogP contribution in [0.25, 0.3) is 0 Å². The topological polar surface area (TPSA) is 35.6 Å². The first-order valence-corrected chi connectivity index (χ1v) is 8.98. The van der Waals surface area contributed by atoms with E-state index in [-0.39, 0.29) is 11.8 Å². The largest absolute Gasteiger partial charge is 0.338 e. The fourth-order valence-electron chi connectivity index (χ4n) is 3.54. The lowest BCUT2D eigenvalue weighted by atomic mass is 9.93. The molecule has 1 fully saturated rings. The quantitative estimate of drug-likeness (QED) is 0.811. The van der Waals surface area contributed by atoms with E-state index in [1.165, 1.54) is 6.07 Å². The maximum Gasteiger partial charge on any atom is 0.317 e. The number of amides is 2. The van der Waals surface area contributed by atoms with Crippen molar-refractivity contribution in [1.29, 1.82) is 0 Å². The van der Waals surface area contributed by atoms with Gasteiger partial charge in [-0.2, -0.15) is 0 Å². The number of carbonyl (C=O) groups is 1. The van der Waals surface area contributed by atoms with Gasteiger partial charge in [0.25, 0.3) is 0 Å². The Bertz CT molecular complexity index is 537. The molecule has 0 spiro atoms. The van der Waals surface area contributed by atoms with Crippen LogP contribution in [0.4, 0.5) is 9.18 Å². The Labute approximate surface area is 145 Å². The Morgan fingerprint density at radius 3 is 2.92 bits per heavy atom. The van der Waals surface area contributed by atoms with Gasteiger partial charge in [0.2, 0.25) is 0 Å². The Morgan fingerprint density at radius 2 is 2.25 bits per heavy atom. The Kier molecular flexibility index (Phi) is 7.03. The molecule has 0 radical (unpaired) electrons. The van der Waals surface area contributed by atoms with Gasteiger partial charge in [-0.1, -0.05) is 26.0 Å². The molecule has 4 nitrogen and oxygen atoms in total. The minimum Gasteiger partial charge on any atom is -0.338 e.